The van der Waals surface area contributed by atoms with Crippen LogP contribution in [0.15, 0.2) is 29.4 Å². The number of nitrogens with zero attached hydrogens (tertiary/aromatic N) is 2. The summed E-state index contributed by atoms with van der Waals surface area (Å²) in [5.74, 6) is 0.477. The number of alkyl halides is 3. The van der Waals surface area contributed by atoms with Gasteiger partial charge in [0.25, 0.3) is 0 Å². The van der Waals surface area contributed by atoms with Crippen molar-refractivity contribution in [2.45, 2.75) is 25.1 Å². The highest BCUT2D eigenvalue weighted by Gasteiger charge is 2.36. The summed E-state index contributed by atoms with van der Waals surface area (Å²) in [7, 11) is 0. The summed E-state index contributed by atoms with van der Waals surface area (Å²) in [5, 5.41) is 3.81. The average molecular weight is 298 g/mol. The first-order valence-electron chi connectivity index (χ1n) is 7.12. The second kappa shape index (κ2) is 5.67. The number of hydrogen-bond acceptors (Lipinski definition) is 3. The zero-order valence-electron chi connectivity index (χ0n) is 11.5. The zero-order chi connectivity index (χ0) is 14.9. The molecule has 0 saturated carbocycles. The van der Waals surface area contributed by atoms with E-state index in [-0.39, 0.29) is 11.7 Å². The second-order valence-corrected chi connectivity index (χ2v) is 5.60. The van der Waals surface area contributed by atoms with Crippen LogP contribution in [0.1, 0.15) is 24.0 Å². The van der Waals surface area contributed by atoms with Gasteiger partial charge < -0.3 is 4.84 Å². The van der Waals surface area contributed by atoms with Crippen molar-refractivity contribution >= 4 is 6.21 Å². The molecular weight excluding hydrogens is 281 g/mol. The molecule has 114 valence electrons. The summed E-state index contributed by atoms with van der Waals surface area (Å²) in [6.07, 6.45) is -1.04. The molecule has 0 spiro atoms. The molecule has 6 heteroatoms. The van der Waals surface area contributed by atoms with Gasteiger partial charge in [-0.05, 0) is 32.0 Å². The predicted octanol–water partition coefficient (Wildman–Crippen LogP) is 3.15. The molecular formula is C15H17F3N2O. The molecule has 0 N–H and O–H groups in total. The van der Waals surface area contributed by atoms with E-state index in [1.807, 2.05) is 0 Å². The van der Waals surface area contributed by atoms with E-state index in [0.717, 1.165) is 38.5 Å². The van der Waals surface area contributed by atoms with Gasteiger partial charge in [0.05, 0.1) is 11.8 Å². The minimum Gasteiger partial charge on any atom is -0.391 e. The Balaban J connectivity index is 1.67. The monoisotopic (exact) mass is 298 g/mol. The molecule has 1 atom stereocenters. The van der Waals surface area contributed by atoms with Crippen LogP contribution in [0.5, 0.6) is 0 Å². The molecule has 0 radical (unpaired) electrons. The normalized spacial score (nSPS) is 29.0. The first kappa shape index (κ1) is 14.4. The SMILES string of the molecule is FC(F)(F)c1ccccc1/C=N/OC1CN2CCC1CC2. The number of benzene rings is 1. The van der Waals surface area contributed by atoms with Crippen molar-refractivity contribution in [3.8, 4) is 0 Å². The summed E-state index contributed by atoms with van der Waals surface area (Å²) in [4.78, 5) is 7.76. The van der Waals surface area contributed by atoms with Crippen molar-refractivity contribution < 1.29 is 18.0 Å². The number of piperidine rings is 3. The second-order valence-electron chi connectivity index (χ2n) is 5.60. The number of oxime groups is 1. The molecule has 1 aromatic rings. The van der Waals surface area contributed by atoms with Crippen LogP contribution in [0.3, 0.4) is 0 Å². The summed E-state index contributed by atoms with van der Waals surface area (Å²) in [6, 6.07) is 5.38. The Hall–Kier alpha value is -1.56. The van der Waals surface area contributed by atoms with Gasteiger partial charge in [0.1, 0.15) is 6.10 Å². The topological polar surface area (TPSA) is 24.8 Å². The lowest BCUT2D eigenvalue weighted by atomic mass is 9.86. The van der Waals surface area contributed by atoms with Crippen molar-refractivity contribution in [3.63, 3.8) is 0 Å². The van der Waals surface area contributed by atoms with E-state index in [4.69, 9.17) is 4.84 Å². The van der Waals surface area contributed by atoms with Crippen LogP contribution in [-0.2, 0) is 11.0 Å². The molecule has 0 amide bonds. The van der Waals surface area contributed by atoms with E-state index < -0.39 is 11.7 Å². The lowest BCUT2D eigenvalue weighted by molar-refractivity contribution is -0.137. The summed E-state index contributed by atoms with van der Waals surface area (Å²) >= 11 is 0. The molecule has 21 heavy (non-hydrogen) atoms. The molecule has 0 aliphatic carbocycles. The highest BCUT2D eigenvalue weighted by Crippen LogP contribution is 2.32. The lowest BCUT2D eigenvalue weighted by Gasteiger charge is -2.42. The number of rotatable bonds is 3. The Morgan fingerprint density at radius 1 is 1.19 bits per heavy atom. The molecule has 2 bridgehead atoms. The van der Waals surface area contributed by atoms with Gasteiger partial charge in [-0.25, -0.2) is 0 Å². The van der Waals surface area contributed by atoms with Gasteiger partial charge in [0, 0.05) is 18.0 Å². The number of fused-ring (bicyclic) bond motifs is 3. The van der Waals surface area contributed by atoms with Gasteiger partial charge in [0.2, 0.25) is 0 Å². The molecule has 1 unspecified atom stereocenters. The highest BCUT2D eigenvalue weighted by atomic mass is 19.4. The Bertz CT molecular complexity index is 522. The largest absolute Gasteiger partial charge is 0.417 e. The van der Waals surface area contributed by atoms with Gasteiger partial charge in [-0.2, -0.15) is 13.2 Å². The molecule has 3 nitrogen and oxygen atoms in total. The molecule has 1 aromatic carbocycles. The minimum absolute atomic E-state index is 0.00167. The van der Waals surface area contributed by atoms with Crippen LogP contribution >= 0.6 is 0 Å². The van der Waals surface area contributed by atoms with Gasteiger partial charge in [-0.1, -0.05) is 23.4 Å². The number of hydrogen-bond donors (Lipinski definition) is 0. The van der Waals surface area contributed by atoms with E-state index in [1.54, 1.807) is 6.07 Å². The summed E-state index contributed by atoms with van der Waals surface area (Å²) in [5.41, 5.74) is -0.655. The zero-order valence-corrected chi connectivity index (χ0v) is 11.5. The molecule has 3 fully saturated rings. The van der Waals surface area contributed by atoms with Crippen LogP contribution in [0.25, 0.3) is 0 Å². The maximum atomic E-state index is 12.8. The van der Waals surface area contributed by atoms with Crippen LogP contribution in [0.2, 0.25) is 0 Å². The smallest absolute Gasteiger partial charge is 0.391 e. The van der Waals surface area contributed by atoms with Crippen molar-refractivity contribution in [3.05, 3.63) is 35.4 Å². The minimum atomic E-state index is -4.38. The average Bonchev–Trinajstić information content (AvgIpc) is 2.48. The Kier molecular flexibility index (Phi) is 3.89. The molecule has 0 aromatic heterocycles. The van der Waals surface area contributed by atoms with Crippen LogP contribution < -0.4 is 0 Å². The first-order chi connectivity index (χ1) is 10.0. The van der Waals surface area contributed by atoms with E-state index in [1.165, 1.54) is 18.3 Å². The maximum absolute atomic E-state index is 12.8. The molecule has 3 aliphatic heterocycles. The van der Waals surface area contributed by atoms with Crippen LogP contribution in [-0.4, -0.2) is 36.9 Å². The standard InChI is InChI=1S/C15H17F3N2O/c16-15(17,18)13-4-2-1-3-12(13)9-19-21-14-10-20-7-5-11(14)6-8-20/h1-4,9,11,14H,5-8,10H2/b19-9+. The lowest BCUT2D eigenvalue weighted by Crippen LogP contribution is -2.50. The Labute approximate surface area is 121 Å². The van der Waals surface area contributed by atoms with Crippen molar-refractivity contribution in [2.75, 3.05) is 19.6 Å². The third-order valence-corrected chi connectivity index (χ3v) is 4.25. The van der Waals surface area contributed by atoms with E-state index in [9.17, 15) is 13.2 Å². The van der Waals surface area contributed by atoms with Gasteiger partial charge in [0.15, 0.2) is 0 Å². The predicted molar refractivity (Wildman–Crippen MR) is 73.1 cm³/mol. The van der Waals surface area contributed by atoms with Crippen LogP contribution in [0.4, 0.5) is 13.2 Å². The van der Waals surface area contributed by atoms with E-state index >= 15 is 0 Å². The molecule has 3 saturated heterocycles. The van der Waals surface area contributed by atoms with E-state index in [0.29, 0.717) is 5.92 Å². The van der Waals surface area contributed by atoms with Crippen molar-refractivity contribution in [1.29, 1.82) is 0 Å². The highest BCUT2D eigenvalue weighted by molar-refractivity contribution is 5.81. The fourth-order valence-electron chi connectivity index (χ4n) is 3.06. The molecule has 3 heterocycles. The summed E-state index contributed by atoms with van der Waals surface area (Å²) < 4.78 is 38.5. The maximum Gasteiger partial charge on any atom is 0.417 e. The third-order valence-electron chi connectivity index (χ3n) is 4.25. The number of halogens is 3. The summed E-state index contributed by atoms with van der Waals surface area (Å²) in [6.45, 7) is 3.00. The van der Waals surface area contributed by atoms with Crippen molar-refractivity contribution in [1.82, 2.24) is 4.90 Å². The Morgan fingerprint density at radius 3 is 2.52 bits per heavy atom. The van der Waals surface area contributed by atoms with E-state index in [2.05, 4.69) is 10.1 Å². The fourth-order valence-corrected chi connectivity index (χ4v) is 3.06. The van der Waals surface area contributed by atoms with Crippen LogP contribution in [0, 0.1) is 5.92 Å². The quantitative estimate of drug-likeness (QED) is 0.632. The van der Waals surface area contributed by atoms with Gasteiger partial charge in [-0.15, -0.1) is 0 Å². The fraction of sp³-hybridized carbons (Fsp3) is 0.533. The van der Waals surface area contributed by atoms with Gasteiger partial charge >= 0.3 is 6.18 Å². The van der Waals surface area contributed by atoms with Crippen molar-refractivity contribution in [2.24, 2.45) is 11.1 Å². The first-order valence-corrected chi connectivity index (χ1v) is 7.12. The Morgan fingerprint density at radius 2 is 1.90 bits per heavy atom. The molecule has 3 aliphatic rings. The third kappa shape index (κ3) is 3.20. The van der Waals surface area contributed by atoms with Gasteiger partial charge in [-0.3, -0.25) is 4.90 Å². The molecule has 4 rings (SSSR count).